The Hall–Kier alpha value is -1.32. The predicted octanol–water partition coefficient (Wildman–Crippen LogP) is 0.895. The van der Waals surface area contributed by atoms with E-state index in [1.54, 1.807) is 0 Å². The first kappa shape index (κ1) is 9.24. The molecular formula is C10H15N3O. The summed E-state index contributed by atoms with van der Waals surface area (Å²) in [6.45, 7) is 4.97. The predicted molar refractivity (Wildman–Crippen MR) is 52.9 cm³/mol. The van der Waals surface area contributed by atoms with Crippen LogP contribution in [0.4, 0.5) is 0 Å². The highest BCUT2D eigenvalue weighted by Crippen LogP contribution is 2.27. The molecule has 2 unspecified atom stereocenters. The molecule has 14 heavy (non-hydrogen) atoms. The summed E-state index contributed by atoms with van der Waals surface area (Å²) in [4.78, 5) is 11.2. The van der Waals surface area contributed by atoms with Crippen LogP contribution in [0.1, 0.15) is 31.7 Å². The molecule has 1 N–H and O–H groups in total. The van der Waals surface area contributed by atoms with Gasteiger partial charge in [-0.2, -0.15) is 5.10 Å². The zero-order valence-corrected chi connectivity index (χ0v) is 8.53. The number of carbonyl (C=O) groups is 1. The molecule has 4 nitrogen and oxygen atoms in total. The Morgan fingerprint density at radius 3 is 3.00 bits per heavy atom. The van der Waals surface area contributed by atoms with E-state index in [9.17, 15) is 4.79 Å². The van der Waals surface area contributed by atoms with Crippen molar-refractivity contribution in [3.8, 4) is 0 Å². The lowest BCUT2D eigenvalue weighted by Gasteiger charge is -2.11. The molecule has 1 amide bonds. The molecule has 4 heteroatoms. The van der Waals surface area contributed by atoms with Crippen molar-refractivity contribution in [3.63, 3.8) is 0 Å². The van der Waals surface area contributed by atoms with Crippen LogP contribution in [0.2, 0.25) is 0 Å². The van der Waals surface area contributed by atoms with Gasteiger partial charge in [0, 0.05) is 31.1 Å². The molecule has 0 spiro atoms. The van der Waals surface area contributed by atoms with Crippen LogP contribution in [-0.4, -0.2) is 21.7 Å². The number of aromatic nitrogens is 2. The molecule has 76 valence electrons. The molecule has 1 saturated heterocycles. The lowest BCUT2D eigenvalue weighted by molar-refractivity contribution is -0.119. The minimum absolute atomic E-state index is 0.145. The third kappa shape index (κ3) is 1.52. The fourth-order valence-corrected chi connectivity index (χ4v) is 1.94. The van der Waals surface area contributed by atoms with E-state index in [-0.39, 0.29) is 11.9 Å². The Bertz CT molecular complexity index is 345. The van der Waals surface area contributed by atoms with Crippen molar-refractivity contribution < 1.29 is 4.79 Å². The van der Waals surface area contributed by atoms with Crippen molar-refractivity contribution in [2.45, 2.75) is 38.8 Å². The van der Waals surface area contributed by atoms with Crippen molar-refractivity contribution in [1.82, 2.24) is 15.1 Å². The van der Waals surface area contributed by atoms with E-state index in [4.69, 9.17) is 0 Å². The van der Waals surface area contributed by atoms with Crippen LogP contribution < -0.4 is 5.32 Å². The standard InChI is InChI=1S/C10H15N3O/c1-3-13-6-8(5-11-13)9-4-10(14)12-7(9)2/h5-7,9H,3-4H2,1-2H3,(H,12,14). The van der Waals surface area contributed by atoms with Gasteiger partial charge in [-0.1, -0.05) is 0 Å². The summed E-state index contributed by atoms with van der Waals surface area (Å²) in [6, 6.07) is 0.233. The van der Waals surface area contributed by atoms with E-state index in [1.807, 2.05) is 24.0 Å². The van der Waals surface area contributed by atoms with E-state index in [0.29, 0.717) is 12.3 Å². The Balaban J connectivity index is 2.18. The molecule has 2 heterocycles. The Morgan fingerprint density at radius 2 is 2.50 bits per heavy atom. The second-order valence-corrected chi connectivity index (χ2v) is 3.80. The summed E-state index contributed by atoms with van der Waals surface area (Å²) < 4.78 is 1.89. The fourth-order valence-electron chi connectivity index (χ4n) is 1.94. The van der Waals surface area contributed by atoms with Crippen LogP contribution in [-0.2, 0) is 11.3 Å². The highest BCUT2D eigenvalue weighted by molar-refractivity contribution is 5.80. The molecule has 0 radical (unpaired) electrons. The molecular weight excluding hydrogens is 178 g/mol. The third-order valence-corrected chi connectivity index (χ3v) is 2.80. The molecule has 0 bridgehead atoms. The van der Waals surface area contributed by atoms with Gasteiger partial charge in [0.25, 0.3) is 0 Å². The number of rotatable bonds is 2. The quantitative estimate of drug-likeness (QED) is 0.758. The summed E-state index contributed by atoms with van der Waals surface area (Å²) in [5.41, 5.74) is 1.16. The van der Waals surface area contributed by atoms with Gasteiger partial charge >= 0.3 is 0 Å². The summed E-state index contributed by atoms with van der Waals surface area (Å²) in [5.74, 6) is 0.439. The minimum Gasteiger partial charge on any atom is -0.353 e. The number of amides is 1. The van der Waals surface area contributed by atoms with E-state index < -0.39 is 0 Å². The minimum atomic E-state index is 0.145. The average Bonchev–Trinajstić information content (AvgIpc) is 2.71. The number of carbonyl (C=O) groups excluding carboxylic acids is 1. The zero-order chi connectivity index (χ0) is 10.1. The molecule has 2 rings (SSSR count). The first-order valence-corrected chi connectivity index (χ1v) is 5.02. The summed E-state index contributed by atoms with van der Waals surface area (Å²) in [6.07, 6.45) is 4.49. The zero-order valence-electron chi connectivity index (χ0n) is 8.53. The molecule has 0 saturated carbocycles. The van der Waals surface area contributed by atoms with Crippen LogP contribution in [0.3, 0.4) is 0 Å². The monoisotopic (exact) mass is 193 g/mol. The van der Waals surface area contributed by atoms with Crippen LogP contribution in [0, 0.1) is 0 Å². The second kappa shape index (κ2) is 3.44. The number of nitrogens with zero attached hydrogens (tertiary/aromatic N) is 2. The lowest BCUT2D eigenvalue weighted by atomic mass is 9.96. The van der Waals surface area contributed by atoms with Crippen LogP contribution in [0.5, 0.6) is 0 Å². The van der Waals surface area contributed by atoms with Crippen molar-refractivity contribution >= 4 is 5.91 Å². The van der Waals surface area contributed by atoms with Crippen molar-refractivity contribution in [2.75, 3.05) is 0 Å². The highest BCUT2D eigenvalue weighted by Gasteiger charge is 2.30. The topological polar surface area (TPSA) is 46.9 Å². The van der Waals surface area contributed by atoms with Crippen LogP contribution in [0.15, 0.2) is 12.4 Å². The fraction of sp³-hybridized carbons (Fsp3) is 0.600. The smallest absolute Gasteiger partial charge is 0.220 e. The number of nitrogens with one attached hydrogen (secondary N) is 1. The van der Waals surface area contributed by atoms with E-state index in [1.165, 1.54) is 0 Å². The van der Waals surface area contributed by atoms with Crippen LogP contribution >= 0.6 is 0 Å². The van der Waals surface area contributed by atoms with Crippen molar-refractivity contribution in [2.24, 2.45) is 0 Å². The van der Waals surface area contributed by atoms with E-state index in [2.05, 4.69) is 17.3 Å². The highest BCUT2D eigenvalue weighted by atomic mass is 16.1. The largest absolute Gasteiger partial charge is 0.353 e. The van der Waals surface area contributed by atoms with Gasteiger partial charge in [0.05, 0.1) is 6.20 Å². The van der Waals surface area contributed by atoms with Gasteiger partial charge in [-0.25, -0.2) is 0 Å². The maximum Gasteiger partial charge on any atom is 0.220 e. The maximum atomic E-state index is 11.2. The van der Waals surface area contributed by atoms with E-state index in [0.717, 1.165) is 12.1 Å². The van der Waals surface area contributed by atoms with Crippen molar-refractivity contribution in [1.29, 1.82) is 0 Å². The van der Waals surface area contributed by atoms with Gasteiger partial charge < -0.3 is 5.32 Å². The maximum absolute atomic E-state index is 11.2. The number of hydrogen-bond donors (Lipinski definition) is 1. The SMILES string of the molecule is CCn1cc(C2CC(=O)NC2C)cn1. The van der Waals surface area contributed by atoms with Gasteiger partial charge in [-0.3, -0.25) is 9.48 Å². The molecule has 0 aromatic carbocycles. The van der Waals surface area contributed by atoms with Gasteiger partial charge in [0.1, 0.15) is 0 Å². The molecule has 2 atom stereocenters. The van der Waals surface area contributed by atoms with E-state index >= 15 is 0 Å². The first-order chi connectivity index (χ1) is 6.70. The Kier molecular flexibility index (Phi) is 2.27. The summed E-state index contributed by atoms with van der Waals surface area (Å²) >= 11 is 0. The van der Waals surface area contributed by atoms with Gasteiger partial charge in [-0.05, 0) is 19.4 Å². The Morgan fingerprint density at radius 1 is 1.71 bits per heavy atom. The number of hydrogen-bond acceptors (Lipinski definition) is 2. The summed E-state index contributed by atoms with van der Waals surface area (Å²) in [7, 11) is 0. The first-order valence-electron chi connectivity index (χ1n) is 5.02. The average molecular weight is 193 g/mol. The molecule has 1 aliphatic rings. The molecule has 1 aromatic heterocycles. The van der Waals surface area contributed by atoms with Gasteiger partial charge in [-0.15, -0.1) is 0 Å². The number of aryl methyl sites for hydroxylation is 1. The van der Waals surface area contributed by atoms with Crippen molar-refractivity contribution in [3.05, 3.63) is 18.0 Å². The lowest BCUT2D eigenvalue weighted by Crippen LogP contribution is -2.24. The molecule has 1 aliphatic heterocycles. The summed E-state index contributed by atoms with van der Waals surface area (Å²) in [5, 5.41) is 7.13. The Labute approximate surface area is 83.3 Å². The third-order valence-electron chi connectivity index (χ3n) is 2.80. The molecule has 1 fully saturated rings. The van der Waals surface area contributed by atoms with Crippen LogP contribution in [0.25, 0.3) is 0 Å². The van der Waals surface area contributed by atoms with Gasteiger partial charge in [0.15, 0.2) is 0 Å². The second-order valence-electron chi connectivity index (χ2n) is 3.80. The molecule has 1 aromatic rings. The van der Waals surface area contributed by atoms with Gasteiger partial charge in [0.2, 0.25) is 5.91 Å². The molecule has 0 aliphatic carbocycles. The normalized spacial score (nSPS) is 26.6.